The molecule has 8 heteroatoms. The van der Waals surface area contributed by atoms with Crippen LogP contribution in [-0.2, 0) is 20.9 Å². The Bertz CT molecular complexity index is 896. The van der Waals surface area contributed by atoms with E-state index in [0.717, 1.165) is 49.2 Å². The second-order valence-electron chi connectivity index (χ2n) is 10.2. The van der Waals surface area contributed by atoms with E-state index in [-0.39, 0.29) is 18.6 Å². The van der Waals surface area contributed by atoms with Crippen LogP contribution in [-0.4, -0.2) is 59.5 Å². The van der Waals surface area contributed by atoms with Crippen molar-refractivity contribution in [2.75, 3.05) is 19.7 Å². The summed E-state index contributed by atoms with van der Waals surface area (Å²) in [7, 11) is 0. The molecule has 1 saturated carbocycles. The quantitative estimate of drug-likeness (QED) is 0.305. The lowest BCUT2D eigenvalue weighted by atomic mass is 9.93. The van der Waals surface area contributed by atoms with Crippen LogP contribution in [0.3, 0.4) is 0 Å². The third-order valence-corrected chi connectivity index (χ3v) is 6.77. The third kappa shape index (κ3) is 8.42. The predicted octanol–water partition coefficient (Wildman–Crippen LogP) is 4.91. The van der Waals surface area contributed by atoms with Gasteiger partial charge in [-0.1, -0.05) is 32.3 Å². The van der Waals surface area contributed by atoms with Crippen LogP contribution in [0, 0.1) is 0 Å². The van der Waals surface area contributed by atoms with Crippen LogP contribution in [0.2, 0.25) is 0 Å². The van der Waals surface area contributed by atoms with Crippen molar-refractivity contribution in [2.24, 2.45) is 10.7 Å². The Hall–Kier alpha value is -2.77. The average molecular weight is 501 g/mol. The molecular weight excluding hydrogens is 456 g/mol. The summed E-state index contributed by atoms with van der Waals surface area (Å²) in [5, 5.41) is 0. The van der Waals surface area contributed by atoms with E-state index < -0.39 is 0 Å². The van der Waals surface area contributed by atoms with Crippen molar-refractivity contribution < 1.29 is 19.1 Å². The summed E-state index contributed by atoms with van der Waals surface area (Å²) in [6.45, 7) is 7.86. The monoisotopic (exact) mass is 500 g/mol. The SMILES string of the molecule is CCCN(C(=O)CCCCCOc1ccc2c(c1)N=C(N)N(CC(=O)OC(C)C)C2)C1CCCCC1. The van der Waals surface area contributed by atoms with Gasteiger partial charge in [0.25, 0.3) is 0 Å². The maximum atomic E-state index is 12.8. The van der Waals surface area contributed by atoms with Crippen LogP contribution >= 0.6 is 0 Å². The molecule has 36 heavy (non-hydrogen) atoms. The summed E-state index contributed by atoms with van der Waals surface area (Å²) in [5.41, 5.74) is 7.84. The van der Waals surface area contributed by atoms with Gasteiger partial charge in [0.15, 0.2) is 5.96 Å². The van der Waals surface area contributed by atoms with Crippen LogP contribution < -0.4 is 10.5 Å². The first-order chi connectivity index (χ1) is 17.4. The largest absolute Gasteiger partial charge is 0.494 e. The third-order valence-electron chi connectivity index (χ3n) is 6.77. The van der Waals surface area contributed by atoms with E-state index in [2.05, 4.69) is 16.8 Å². The molecule has 1 heterocycles. The Morgan fingerprint density at radius 1 is 1.17 bits per heavy atom. The Morgan fingerprint density at radius 3 is 2.67 bits per heavy atom. The summed E-state index contributed by atoms with van der Waals surface area (Å²) in [6, 6.07) is 6.24. The summed E-state index contributed by atoms with van der Waals surface area (Å²) in [5.74, 6) is 1.05. The maximum absolute atomic E-state index is 12.8. The minimum atomic E-state index is -0.319. The normalized spacial score (nSPS) is 15.9. The summed E-state index contributed by atoms with van der Waals surface area (Å²) >= 11 is 0. The van der Waals surface area contributed by atoms with E-state index in [9.17, 15) is 9.59 Å². The number of nitrogens with two attached hydrogens (primary N) is 1. The fourth-order valence-corrected chi connectivity index (χ4v) is 4.98. The average Bonchev–Trinajstić information content (AvgIpc) is 2.85. The molecule has 0 bridgehead atoms. The van der Waals surface area contributed by atoms with Gasteiger partial charge in [-0.3, -0.25) is 9.59 Å². The molecule has 1 amide bonds. The Kier molecular flexibility index (Phi) is 10.9. The molecule has 8 nitrogen and oxygen atoms in total. The first kappa shape index (κ1) is 27.8. The van der Waals surface area contributed by atoms with Gasteiger partial charge < -0.3 is 25.0 Å². The number of rotatable bonds is 13. The smallest absolute Gasteiger partial charge is 0.325 e. The number of aliphatic imine (C=N–C) groups is 1. The van der Waals surface area contributed by atoms with E-state index in [1.807, 2.05) is 32.0 Å². The van der Waals surface area contributed by atoms with Gasteiger partial charge in [-0.05, 0) is 64.0 Å². The highest BCUT2D eigenvalue weighted by atomic mass is 16.5. The number of unbranched alkanes of at least 4 members (excludes halogenated alkanes) is 2. The van der Waals surface area contributed by atoms with Crippen molar-refractivity contribution in [2.45, 2.75) is 104 Å². The number of ether oxygens (including phenoxy) is 2. The molecule has 1 aromatic rings. The Balaban J connectivity index is 1.39. The molecule has 0 atom stereocenters. The number of benzene rings is 1. The Morgan fingerprint density at radius 2 is 1.94 bits per heavy atom. The molecule has 0 aromatic heterocycles. The minimum absolute atomic E-state index is 0.0740. The highest BCUT2D eigenvalue weighted by Crippen LogP contribution is 2.30. The zero-order valence-electron chi connectivity index (χ0n) is 22.3. The van der Waals surface area contributed by atoms with Crippen molar-refractivity contribution in [3.05, 3.63) is 23.8 Å². The number of fused-ring (bicyclic) bond motifs is 1. The molecular formula is C28H44N4O4. The fraction of sp³-hybridized carbons (Fsp3) is 0.679. The molecule has 1 aliphatic carbocycles. The summed E-state index contributed by atoms with van der Waals surface area (Å²) in [4.78, 5) is 33.1. The molecule has 1 aromatic carbocycles. The first-order valence-corrected chi connectivity index (χ1v) is 13.7. The molecule has 0 radical (unpaired) electrons. The molecule has 0 saturated heterocycles. The number of amides is 1. The first-order valence-electron chi connectivity index (χ1n) is 13.7. The molecule has 0 unspecified atom stereocenters. The lowest BCUT2D eigenvalue weighted by Gasteiger charge is -2.34. The number of hydrogen-bond acceptors (Lipinski definition) is 7. The van der Waals surface area contributed by atoms with Crippen LogP contribution in [0.5, 0.6) is 5.75 Å². The zero-order chi connectivity index (χ0) is 25.9. The van der Waals surface area contributed by atoms with E-state index in [1.165, 1.54) is 32.1 Å². The second kappa shape index (κ2) is 14.1. The van der Waals surface area contributed by atoms with Crippen LogP contribution in [0.15, 0.2) is 23.2 Å². The fourth-order valence-electron chi connectivity index (χ4n) is 4.98. The Labute approximate surface area is 216 Å². The van der Waals surface area contributed by atoms with Gasteiger partial charge in [-0.15, -0.1) is 0 Å². The molecule has 1 aliphatic heterocycles. The van der Waals surface area contributed by atoms with Crippen LogP contribution in [0.4, 0.5) is 5.69 Å². The number of carbonyl (C=O) groups is 2. The van der Waals surface area contributed by atoms with Crippen molar-refractivity contribution in [3.8, 4) is 5.75 Å². The van der Waals surface area contributed by atoms with Crippen molar-refractivity contribution in [1.82, 2.24) is 9.80 Å². The highest BCUT2D eigenvalue weighted by molar-refractivity contribution is 5.87. The van der Waals surface area contributed by atoms with Gasteiger partial charge >= 0.3 is 5.97 Å². The zero-order valence-corrected chi connectivity index (χ0v) is 22.3. The van der Waals surface area contributed by atoms with Gasteiger partial charge in [0.2, 0.25) is 5.91 Å². The summed E-state index contributed by atoms with van der Waals surface area (Å²) < 4.78 is 11.1. The van der Waals surface area contributed by atoms with Gasteiger partial charge in [0.1, 0.15) is 12.3 Å². The molecule has 1 fully saturated rings. The molecule has 2 aliphatic rings. The van der Waals surface area contributed by atoms with Crippen LogP contribution in [0.25, 0.3) is 0 Å². The predicted molar refractivity (Wildman–Crippen MR) is 142 cm³/mol. The van der Waals surface area contributed by atoms with Gasteiger partial charge in [0.05, 0.1) is 18.4 Å². The van der Waals surface area contributed by atoms with E-state index in [4.69, 9.17) is 15.2 Å². The van der Waals surface area contributed by atoms with E-state index >= 15 is 0 Å². The van der Waals surface area contributed by atoms with Crippen molar-refractivity contribution in [1.29, 1.82) is 0 Å². The second-order valence-corrected chi connectivity index (χ2v) is 10.2. The highest BCUT2D eigenvalue weighted by Gasteiger charge is 2.24. The maximum Gasteiger partial charge on any atom is 0.325 e. The molecule has 2 N–H and O–H groups in total. The lowest BCUT2D eigenvalue weighted by Crippen LogP contribution is -2.42. The number of nitrogens with zero attached hydrogens (tertiary/aromatic N) is 3. The van der Waals surface area contributed by atoms with Crippen molar-refractivity contribution in [3.63, 3.8) is 0 Å². The van der Waals surface area contributed by atoms with Crippen molar-refractivity contribution >= 4 is 23.5 Å². The number of esters is 1. The topological polar surface area (TPSA) is 97.5 Å². The number of carbonyl (C=O) groups excluding carboxylic acids is 2. The molecule has 200 valence electrons. The van der Waals surface area contributed by atoms with Crippen LogP contribution in [0.1, 0.15) is 90.5 Å². The summed E-state index contributed by atoms with van der Waals surface area (Å²) in [6.07, 6.45) is 10.4. The molecule has 3 rings (SSSR count). The minimum Gasteiger partial charge on any atom is -0.494 e. The van der Waals surface area contributed by atoms with Gasteiger partial charge in [-0.25, -0.2) is 4.99 Å². The van der Waals surface area contributed by atoms with Gasteiger partial charge in [-0.2, -0.15) is 0 Å². The lowest BCUT2D eigenvalue weighted by molar-refractivity contribution is -0.147. The standard InChI is InChI=1S/C28H44N4O4/c1-4-16-32(23-11-7-5-8-12-23)26(33)13-9-6-10-17-35-24-15-14-22-19-31(20-27(34)36-21(2)3)28(29)30-25(22)18-24/h14-15,18,21,23H,4-13,16-17,19-20H2,1-3H3,(H2,29,30). The molecule has 0 spiro atoms. The number of hydrogen-bond donors (Lipinski definition) is 1. The van der Waals surface area contributed by atoms with E-state index in [1.54, 1.807) is 4.90 Å². The van der Waals surface area contributed by atoms with E-state index in [0.29, 0.717) is 37.5 Å². The number of guanidine groups is 1. The van der Waals surface area contributed by atoms with Gasteiger partial charge in [0, 0.05) is 31.6 Å².